The number of hydrogen-bond acceptors (Lipinski definition) is 4. The summed E-state index contributed by atoms with van der Waals surface area (Å²) >= 11 is 0. The third-order valence-electron chi connectivity index (χ3n) is 4.61. The molecule has 1 unspecified atom stereocenters. The van der Waals surface area contributed by atoms with Gasteiger partial charge in [-0.1, -0.05) is 6.92 Å². The summed E-state index contributed by atoms with van der Waals surface area (Å²) in [4.78, 5) is 14.0. The van der Waals surface area contributed by atoms with E-state index in [1.165, 1.54) is 18.9 Å². The van der Waals surface area contributed by atoms with Gasteiger partial charge >= 0.3 is 6.09 Å². The van der Waals surface area contributed by atoms with Crippen LogP contribution in [0.2, 0.25) is 0 Å². The van der Waals surface area contributed by atoms with E-state index >= 15 is 0 Å². The molecular weight excluding hydrogens is 347 g/mol. The van der Waals surface area contributed by atoms with Crippen LogP contribution in [-0.4, -0.2) is 43.3 Å². The number of halogens is 2. The van der Waals surface area contributed by atoms with Gasteiger partial charge in [0.1, 0.15) is 18.2 Å². The van der Waals surface area contributed by atoms with Crippen LogP contribution in [0.1, 0.15) is 31.7 Å². The molecule has 0 aromatic heterocycles. The van der Waals surface area contributed by atoms with Gasteiger partial charge in [-0.15, -0.1) is 12.4 Å². The fourth-order valence-corrected chi connectivity index (χ4v) is 2.84. The minimum atomic E-state index is -0.382. The molecule has 2 fully saturated rings. The largest absolute Gasteiger partial charge is 0.493 e. The molecule has 1 saturated carbocycles. The smallest absolute Gasteiger partial charge is 0.410 e. The predicted octanol–water partition coefficient (Wildman–Crippen LogP) is 3.36. The lowest BCUT2D eigenvalue weighted by Crippen LogP contribution is -2.53. The van der Waals surface area contributed by atoms with Crippen molar-refractivity contribution in [3.05, 3.63) is 29.6 Å². The van der Waals surface area contributed by atoms with Gasteiger partial charge in [0.15, 0.2) is 0 Å². The molecule has 0 radical (unpaired) electrons. The van der Waals surface area contributed by atoms with E-state index in [-0.39, 0.29) is 37.0 Å². The van der Waals surface area contributed by atoms with E-state index in [1.807, 2.05) is 6.92 Å². The first-order valence-corrected chi connectivity index (χ1v) is 8.72. The van der Waals surface area contributed by atoms with Crippen molar-refractivity contribution in [3.8, 4) is 5.75 Å². The van der Waals surface area contributed by atoms with Crippen molar-refractivity contribution >= 4 is 18.5 Å². The topological polar surface area (TPSA) is 50.8 Å². The van der Waals surface area contributed by atoms with Gasteiger partial charge in [0.05, 0.1) is 6.61 Å². The van der Waals surface area contributed by atoms with Crippen LogP contribution in [0.5, 0.6) is 5.75 Å². The number of nitrogens with zero attached hydrogens (tertiary/aromatic N) is 1. The molecule has 25 heavy (non-hydrogen) atoms. The van der Waals surface area contributed by atoms with Crippen LogP contribution in [0, 0.1) is 11.7 Å². The highest BCUT2D eigenvalue weighted by atomic mass is 35.5. The van der Waals surface area contributed by atoms with Gasteiger partial charge in [-0.3, -0.25) is 0 Å². The maximum absolute atomic E-state index is 13.9. The Hall–Kier alpha value is -1.53. The molecular formula is C18H26ClFN2O3. The van der Waals surface area contributed by atoms with E-state index in [0.717, 1.165) is 19.5 Å². The van der Waals surface area contributed by atoms with E-state index in [4.69, 9.17) is 9.47 Å². The second-order valence-electron chi connectivity index (χ2n) is 6.52. The molecule has 1 N–H and O–H groups in total. The lowest BCUT2D eigenvalue weighted by molar-refractivity contribution is 0.0706. The Labute approximate surface area is 154 Å². The second-order valence-corrected chi connectivity index (χ2v) is 6.52. The van der Waals surface area contributed by atoms with Crippen molar-refractivity contribution in [3.63, 3.8) is 0 Å². The summed E-state index contributed by atoms with van der Waals surface area (Å²) in [6.45, 7) is 4.77. The Morgan fingerprint density at radius 3 is 2.92 bits per heavy atom. The maximum Gasteiger partial charge on any atom is 0.410 e. The molecule has 0 bridgehead atoms. The Morgan fingerprint density at radius 1 is 1.40 bits per heavy atom. The first kappa shape index (κ1) is 19.8. The number of carbonyl (C=O) groups is 1. The third kappa shape index (κ3) is 5.47. The number of hydrogen-bond donors (Lipinski definition) is 1. The van der Waals surface area contributed by atoms with Gasteiger partial charge in [-0.2, -0.15) is 0 Å². The summed E-state index contributed by atoms with van der Waals surface area (Å²) < 4.78 is 24.9. The van der Waals surface area contributed by atoms with Crippen LogP contribution in [0.25, 0.3) is 0 Å². The lowest BCUT2D eigenvalue weighted by Gasteiger charge is -2.34. The zero-order valence-corrected chi connectivity index (χ0v) is 15.3. The number of rotatable bonds is 6. The van der Waals surface area contributed by atoms with E-state index in [1.54, 1.807) is 17.0 Å². The minimum absolute atomic E-state index is 0. The first-order valence-electron chi connectivity index (χ1n) is 8.72. The molecule has 5 nitrogen and oxygen atoms in total. The van der Waals surface area contributed by atoms with E-state index < -0.39 is 0 Å². The fourth-order valence-electron chi connectivity index (χ4n) is 2.84. The maximum atomic E-state index is 13.9. The number of carbonyl (C=O) groups excluding carboxylic acids is 1. The van der Waals surface area contributed by atoms with Gasteiger partial charge in [0.2, 0.25) is 0 Å². The molecule has 1 aliphatic heterocycles. The Morgan fingerprint density at radius 2 is 2.20 bits per heavy atom. The second kappa shape index (κ2) is 9.25. The average Bonchev–Trinajstić information content (AvgIpc) is 3.44. The molecule has 0 spiro atoms. The van der Waals surface area contributed by atoms with Crippen LogP contribution in [0.3, 0.4) is 0 Å². The Bertz CT molecular complexity index is 583. The number of ether oxygens (including phenoxy) is 2. The highest BCUT2D eigenvalue weighted by molar-refractivity contribution is 5.85. The number of nitrogens with one attached hydrogen (secondary N) is 1. The minimum Gasteiger partial charge on any atom is -0.493 e. The Balaban J connectivity index is 0.00000225. The number of amides is 1. The quantitative estimate of drug-likeness (QED) is 0.832. The zero-order chi connectivity index (χ0) is 16.9. The predicted molar refractivity (Wildman–Crippen MR) is 95.7 cm³/mol. The highest BCUT2D eigenvalue weighted by Gasteiger charge is 2.26. The van der Waals surface area contributed by atoms with Gasteiger partial charge < -0.3 is 19.7 Å². The van der Waals surface area contributed by atoms with Crippen molar-refractivity contribution in [1.82, 2.24) is 10.2 Å². The average molecular weight is 373 g/mol. The van der Waals surface area contributed by atoms with Crippen LogP contribution < -0.4 is 10.1 Å². The lowest BCUT2D eigenvalue weighted by atomic mass is 10.1. The first-order chi connectivity index (χ1) is 11.7. The molecule has 2 aliphatic rings. The monoisotopic (exact) mass is 372 g/mol. The van der Waals surface area contributed by atoms with Crippen molar-refractivity contribution in [2.75, 3.05) is 26.2 Å². The van der Waals surface area contributed by atoms with Crippen LogP contribution in [-0.2, 0) is 11.3 Å². The van der Waals surface area contributed by atoms with Gasteiger partial charge in [-0.05, 0) is 43.4 Å². The Kier molecular flexibility index (Phi) is 7.32. The zero-order valence-electron chi connectivity index (χ0n) is 14.5. The summed E-state index contributed by atoms with van der Waals surface area (Å²) in [5, 5.41) is 3.26. The summed E-state index contributed by atoms with van der Waals surface area (Å²) in [6, 6.07) is 4.74. The van der Waals surface area contributed by atoms with Crippen LogP contribution in [0.4, 0.5) is 9.18 Å². The van der Waals surface area contributed by atoms with Gasteiger partial charge in [0, 0.05) is 31.2 Å². The fraction of sp³-hybridized carbons (Fsp3) is 0.611. The molecule has 140 valence electrons. The molecule has 1 saturated heterocycles. The summed E-state index contributed by atoms with van der Waals surface area (Å²) in [6.07, 6.45) is 2.89. The van der Waals surface area contributed by atoms with Crippen molar-refractivity contribution < 1.29 is 18.7 Å². The van der Waals surface area contributed by atoms with E-state index in [0.29, 0.717) is 30.4 Å². The molecule has 1 aliphatic carbocycles. The molecule has 1 aromatic rings. The molecule has 3 rings (SSSR count). The van der Waals surface area contributed by atoms with E-state index in [9.17, 15) is 9.18 Å². The van der Waals surface area contributed by atoms with Gasteiger partial charge in [0.25, 0.3) is 0 Å². The molecule has 1 aromatic carbocycles. The van der Waals surface area contributed by atoms with Crippen molar-refractivity contribution in [1.29, 1.82) is 0 Å². The summed E-state index contributed by atoms with van der Waals surface area (Å²) in [5.74, 6) is 0.881. The van der Waals surface area contributed by atoms with Crippen LogP contribution in [0.15, 0.2) is 18.2 Å². The normalized spacial score (nSPS) is 19.9. The summed E-state index contributed by atoms with van der Waals surface area (Å²) in [5.41, 5.74) is 0.347. The SMILES string of the molecule is CCC1CNCCN1C(=O)OCc1cc(OCC2CC2)ccc1F.Cl. The van der Waals surface area contributed by atoms with Crippen molar-refractivity contribution in [2.45, 2.75) is 38.8 Å². The van der Waals surface area contributed by atoms with Gasteiger partial charge in [-0.25, -0.2) is 9.18 Å². The summed E-state index contributed by atoms with van der Waals surface area (Å²) in [7, 11) is 0. The molecule has 1 atom stereocenters. The standard InChI is InChI=1S/C18H25FN2O3.ClH/c1-2-15-10-20-7-8-21(15)18(22)24-12-14-9-16(5-6-17(14)19)23-11-13-3-4-13;/h5-6,9,13,15,20H,2-4,7-8,10-12H2,1H3;1H. The third-order valence-corrected chi connectivity index (χ3v) is 4.61. The highest BCUT2D eigenvalue weighted by Crippen LogP contribution is 2.30. The molecule has 1 heterocycles. The van der Waals surface area contributed by atoms with Crippen LogP contribution >= 0.6 is 12.4 Å². The van der Waals surface area contributed by atoms with E-state index in [2.05, 4.69) is 5.32 Å². The number of piperazine rings is 1. The number of benzene rings is 1. The van der Waals surface area contributed by atoms with Crippen molar-refractivity contribution in [2.24, 2.45) is 5.92 Å². The molecule has 7 heteroatoms. The molecule has 1 amide bonds.